The summed E-state index contributed by atoms with van der Waals surface area (Å²) in [6.07, 6.45) is 0.585. The smallest absolute Gasteiger partial charge is 0.268 e. The molecule has 0 saturated carbocycles. The van der Waals surface area contributed by atoms with E-state index in [0.29, 0.717) is 11.7 Å². The van der Waals surface area contributed by atoms with Gasteiger partial charge in [-0.15, -0.1) is 11.6 Å². The molecule has 1 unspecified atom stereocenters. The number of rotatable bonds is 2. The Hall–Kier alpha value is -1.55. The van der Waals surface area contributed by atoms with Crippen molar-refractivity contribution in [3.05, 3.63) is 41.5 Å². The maximum atomic E-state index is 5.71. The number of benzene rings is 1. The topological polar surface area (TPSA) is 48.2 Å². The Morgan fingerprint density at radius 2 is 2.25 bits per heavy atom. The van der Waals surface area contributed by atoms with Crippen molar-refractivity contribution in [1.29, 1.82) is 0 Å². The van der Waals surface area contributed by atoms with Crippen LogP contribution in [0.3, 0.4) is 0 Å². The van der Waals surface area contributed by atoms with Crippen LogP contribution in [-0.2, 0) is 12.3 Å². The van der Waals surface area contributed by atoms with Crippen molar-refractivity contribution in [1.82, 2.24) is 10.1 Å². The Labute approximate surface area is 97.2 Å². The van der Waals surface area contributed by atoms with Gasteiger partial charge in [-0.2, -0.15) is 4.98 Å². The van der Waals surface area contributed by atoms with E-state index in [1.807, 2.05) is 24.3 Å². The molecule has 0 aliphatic carbocycles. The molecule has 2 aromatic rings. The van der Waals surface area contributed by atoms with Gasteiger partial charge in [0, 0.05) is 6.42 Å². The van der Waals surface area contributed by atoms with Crippen molar-refractivity contribution >= 4 is 11.6 Å². The quantitative estimate of drug-likeness (QED) is 0.752. The number of hydrogen-bond donors (Lipinski definition) is 0. The summed E-state index contributed by atoms with van der Waals surface area (Å²) in [7, 11) is 0. The molecule has 0 radical (unpaired) electrons. The molecular weight excluding hydrogens is 228 g/mol. The number of fused-ring (bicyclic) bond motifs is 1. The maximum absolute atomic E-state index is 5.71. The normalized spacial score (nSPS) is 18.2. The minimum Gasteiger partial charge on any atom is -0.480 e. The van der Waals surface area contributed by atoms with Gasteiger partial charge < -0.3 is 9.26 Å². The predicted molar refractivity (Wildman–Crippen MR) is 57.4 cm³/mol. The highest BCUT2D eigenvalue weighted by Crippen LogP contribution is 2.35. The first-order valence-electron chi connectivity index (χ1n) is 5.00. The third kappa shape index (κ3) is 1.55. The van der Waals surface area contributed by atoms with Gasteiger partial charge in [0.1, 0.15) is 5.75 Å². The fourth-order valence-corrected chi connectivity index (χ4v) is 1.88. The second-order valence-electron chi connectivity index (χ2n) is 3.60. The molecule has 1 aliphatic rings. The molecule has 3 rings (SSSR count). The van der Waals surface area contributed by atoms with Crippen LogP contribution in [0.25, 0.3) is 0 Å². The first-order valence-corrected chi connectivity index (χ1v) is 5.53. The lowest BCUT2D eigenvalue weighted by molar-refractivity contribution is 0.183. The zero-order chi connectivity index (χ0) is 11.0. The summed E-state index contributed by atoms with van der Waals surface area (Å²) in [5, 5.41) is 3.74. The molecule has 1 aromatic carbocycles. The van der Waals surface area contributed by atoms with E-state index in [1.165, 1.54) is 0 Å². The van der Waals surface area contributed by atoms with E-state index in [2.05, 4.69) is 10.1 Å². The van der Waals surface area contributed by atoms with Crippen LogP contribution in [0.2, 0.25) is 0 Å². The van der Waals surface area contributed by atoms with Gasteiger partial charge in [0.05, 0.1) is 5.88 Å². The summed E-state index contributed by atoms with van der Waals surface area (Å²) in [6.45, 7) is 0. The largest absolute Gasteiger partial charge is 0.480 e. The monoisotopic (exact) mass is 236 g/mol. The van der Waals surface area contributed by atoms with Crippen molar-refractivity contribution < 1.29 is 9.26 Å². The summed E-state index contributed by atoms with van der Waals surface area (Å²) in [5.74, 6) is 2.13. The number of nitrogens with zero attached hydrogens (tertiary/aromatic N) is 2. The summed E-state index contributed by atoms with van der Waals surface area (Å²) in [5.41, 5.74) is 1.16. The van der Waals surface area contributed by atoms with Crippen LogP contribution in [0.4, 0.5) is 0 Å². The molecule has 0 N–H and O–H groups in total. The van der Waals surface area contributed by atoms with Gasteiger partial charge in [-0.25, -0.2) is 0 Å². The Balaban J connectivity index is 1.85. The summed E-state index contributed by atoms with van der Waals surface area (Å²) in [4.78, 5) is 4.16. The lowest BCUT2D eigenvalue weighted by atomic mass is 10.1. The molecule has 1 atom stereocenters. The second-order valence-corrected chi connectivity index (χ2v) is 3.87. The molecule has 0 saturated heterocycles. The Bertz CT molecular complexity index is 487. The van der Waals surface area contributed by atoms with Crippen molar-refractivity contribution in [2.24, 2.45) is 0 Å². The van der Waals surface area contributed by atoms with Crippen molar-refractivity contribution in [2.75, 3.05) is 0 Å². The molecule has 5 heteroatoms. The van der Waals surface area contributed by atoms with Gasteiger partial charge in [0.15, 0.2) is 11.9 Å². The SMILES string of the molecule is ClCc1noc(C2Cc3ccccc3O2)n1. The lowest BCUT2D eigenvalue weighted by Gasteiger charge is -2.03. The number of halogens is 1. The molecule has 0 spiro atoms. The van der Waals surface area contributed by atoms with Crippen molar-refractivity contribution in [3.8, 4) is 5.75 Å². The van der Waals surface area contributed by atoms with E-state index in [0.717, 1.165) is 17.7 Å². The fraction of sp³-hybridized carbons (Fsp3) is 0.273. The molecule has 1 aromatic heterocycles. The highest BCUT2D eigenvalue weighted by molar-refractivity contribution is 6.16. The van der Waals surface area contributed by atoms with Crippen LogP contribution in [0, 0.1) is 0 Å². The predicted octanol–water partition coefficient (Wildman–Crippen LogP) is 2.48. The van der Waals surface area contributed by atoms with E-state index in [9.17, 15) is 0 Å². The minimum absolute atomic E-state index is 0.179. The number of aromatic nitrogens is 2. The molecule has 0 fully saturated rings. The number of alkyl halides is 1. The van der Waals surface area contributed by atoms with Gasteiger partial charge in [-0.1, -0.05) is 23.4 Å². The summed E-state index contributed by atoms with van der Waals surface area (Å²) >= 11 is 5.61. The number of hydrogen-bond acceptors (Lipinski definition) is 4. The van der Waals surface area contributed by atoms with Crippen LogP contribution in [0.1, 0.15) is 23.4 Å². The average molecular weight is 237 g/mol. The van der Waals surface area contributed by atoms with E-state index < -0.39 is 0 Å². The Morgan fingerprint density at radius 1 is 1.38 bits per heavy atom. The average Bonchev–Trinajstić information content (AvgIpc) is 2.95. The first-order chi connectivity index (χ1) is 7.86. The number of ether oxygens (including phenoxy) is 1. The highest BCUT2D eigenvalue weighted by atomic mass is 35.5. The Kier molecular flexibility index (Phi) is 2.29. The van der Waals surface area contributed by atoms with Gasteiger partial charge in [-0.05, 0) is 11.6 Å². The third-order valence-corrected chi connectivity index (χ3v) is 2.76. The molecule has 82 valence electrons. The zero-order valence-corrected chi connectivity index (χ0v) is 9.15. The molecule has 1 aliphatic heterocycles. The van der Waals surface area contributed by atoms with E-state index in [1.54, 1.807) is 0 Å². The van der Waals surface area contributed by atoms with Crippen LogP contribution < -0.4 is 4.74 Å². The molecular formula is C11H9ClN2O2. The fourth-order valence-electron chi connectivity index (χ4n) is 1.77. The number of para-hydroxylation sites is 1. The van der Waals surface area contributed by atoms with E-state index in [-0.39, 0.29) is 12.0 Å². The summed E-state index contributed by atoms with van der Waals surface area (Å²) < 4.78 is 10.8. The van der Waals surface area contributed by atoms with Crippen LogP contribution in [-0.4, -0.2) is 10.1 Å². The third-order valence-electron chi connectivity index (χ3n) is 2.53. The second kappa shape index (κ2) is 3.79. The lowest BCUT2D eigenvalue weighted by Crippen LogP contribution is -2.03. The standard InChI is InChI=1S/C11H9ClN2O2/c12-6-10-13-11(16-14-10)9-5-7-3-1-2-4-8(7)15-9/h1-4,9H,5-6H2. The molecule has 16 heavy (non-hydrogen) atoms. The van der Waals surface area contributed by atoms with Crippen LogP contribution in [0.5, 0.6) is 5.75 Å². The van der Waals surface area contributed by atoms with Crippen LogP contribution in [0.15, 0.2) is 28.8 Å². The van der Waals surface area contributed by atoms with Crippen LogP contribution >= 0.6 is 11.6 Å². The molecule has 4 nitrogen and oxygen atoms in total. The van der Waals surface area contributed by atoms with Gasteiger partial charge in [-0.3, -0.25) is 0 Å². The Morgan fingerprint density at radius 3 is 3.00 bits per heavy atom. The van der Waals surface area contributed by atoms with Gasteiger partial charge in [0.2, 0.25) is 0 Å². The summed E-state index contributed by atoms with van der Waals surface area (Å²) in [6, 6.07) is 7.91. The van der Waals surface area contributed by atoms with Gasteiger partial charge in [0.25, 0.3) is 5.89 Å². The molecule has 0 bridgehead atoms. The van der Waals surface area contributed by atoms with Crippen molar-refractivity contribution in [2.45, 2.75) is 18.4 Å². The van der Waals surface area contributed by atoms with Crippen molar-refractivity contribution in [3.63, 3.8) is 0 Å². The maximum Gasteiger partial charge on any atom is 0.268 e. The van der Waals surface area contributed by atoms with Gasteiger partial charge >= 0.3 is 0 Å². The molecule has 2 heterocycles. The first kappa shape index (κ1) is 9.66. The zero-order valence-electron chi connectivity index (χ0n) is 8.39. The highest BCUT2D eigenvalue weighted by Gasteiger charge is 2.28. The van der Waals surface area contributed by atoms with E-state index in [4.69, 9.17) is 20.9 Å². The van der Waals surface area contributed by atoms with E-state index >= 15 is 0 Å². The molecule has 0 amide bonds. The minimum atomic E-state index is -0.179.